The molecule has 3 heterocycles. The molecule has 36 heavy (non-hydrogen) atoms. The molecule has 1 saturated carbocycles. The maximum absolute atomic E-state index is 16.2. The number of aromatic hydroxyl groups is 1. The number of anilines is 1. The third kappa shape index (κ3) is 3.89. The smallest absolute Gasteiger partial charge is 0.316 e. The zero-order chi connectivity index (χ0) is 24.8. The molecule has 8 heteroatoms. The molecule has 2 unspecified atom stereocenters. The van der Waals surface area contributed by atoms with E-state index in [4.69, 9.17) is 9.47 Å². The van der Waals surface area contributed by atoms with Crippen molar-refractivity contribution in [1.29, 1.82) is 0 Å². The van der Waals surface area contributed by atoms with E-state index in [2.05, 4.69) is 26.8 Å². The Balaban J connectivity index is 1.54. The van der Waals surface area contributed by atoms with E-state index in [1.165, 1.54) is 19.3 Å². The van der Waals surface area contributed by atoms with Crippen molar-refractivity contribution in [3.05, 3.63) is 47.9 Å². The van der Waals surface area contributed by atoms with E-state index in [0.717, 1.165) is 35.8 Å². The van der Waals surface area contributed by atoms with Gasteiger partial charge in [-0.3, -0.25) is 4.98 Å². The minimum atomic E-state index is -0.581. The van der Waals surface area contributed by atoms with Crippen molar-refractivity contribution in [2.45, 2.75) is 32.6 Å². The fourth-order valence-corrected chi connectivity index (χ4v) is 6.01. The van der Waals surface area contributed by atoms with Gasteiger partial charge in [-0.1, -0.05) is 25.1 Å². The van der Waals surface area contributed by atoms with E-state index in [1.54, 1.807) is 19.4 Å². The number of fused-ring (bicyclic) bond motifs is 4. The number of piperidine rings is 1. The lowest BCUT2D eigenvalue weighted by Gasteiger charge is -2.33. The van der Waals surface area contributed by atoms with Gasteiger partial charge in [0.05, 0.1) is 5.39 Å². The van der Waals surface area contributed by atoms with Crippen molar-refractivity contribution in [3.63, 3.8) is 0 Å². The lowest BCUT2D eigenvalue weighted by molar-refractivity contribution is 0.0512. The summed E-state index contributed by atoms with van der Waals surface area (Å²) in [4.78, 5) is 15.2. The molecule has 4 aromatic rings. The van der Waals surface area contributed by atoms with Gasteiger partial charge in [-0.25, -0.2) is 4.39 Å². The first kappa shape index (κ1) is 22.9. The minimum Gasteiger partial charge on any atom is -0.479 e. The third-order valence-corrected chi connectivity index (χ3v) is 7.57. The second-order valence-electron chi connectivity index (χ2n) is 9.87. The van der Waals surface area contributed by atoms with Gasteiger partial charge in [0.2, 0.25) is 0 Å². The van der Waals surface area contributed by atoms with Crippen LogP contribution in [0.4, 0.5) is 10.2 Å². The molecule has 1 saturated heterocycles. The minimum absolute atomic E-state index is 0.0748. The Morgan fingerprint density at radius 3 is 2.69 bits per heavy atom. The van der Waals surface area contributed by atoms with Crippen molar-refractivity contribution in [1.82, 2.24) is 15.0 Å². The van der Waals surface area contributed by atoms with Crippen LogP contribution < -0.4 is 9.64 Å². The highest BCUT2D eigenvalue weighted by atomic mass is 19.1. The van der Waals surface area contributed by atoms with Crippen molar-refractivity contribution >= 4 is 27.5 Å². The number of nitrogens with zero attached hydrogens (tertiary/aromatic N) is 4. The first-order valence-corrected chi connectivity index (χ1v) is 12.5. The van der Waals surface area contributed by atoms with E-state index in [-0.39, 0.29) is 18.0 Å². The highest BCUT2D eigenvalue weighted by Crippen LogP contribution is 2.41. The van der Waals surface area contributed by atoms with Crippen LogP contribution in [-0.4, -0.2) is 47.1 Å². The van der Waals surface area contributed by atoms with E-state index in [9.17, 15) is 5.11 Å². The quantitative estimate of drug-likeness (QED) is 0.361. The maximum Gasteiger partial charge on any atom is 0.316 e. The van der Waals surface area contributed by atoms with Gasteiger partial charge < -0.3 is 19.5 Å². The number of benzene rings is 2. The molecule has 0 radical (unpaired) electrons. The van der Waals surface area contributed by atoms with Crippen molar-refractivity contribution in [2.24, 2.45) is 11.8 Å². The molecule has 2 aliphatic rings. The summed E-state index contributed by atoms with van der Waals surface area (Å²) >= 11 is 0. The molecule has 1 aliphatic heterocycles. The standard InChI is InChI=1S/C28H29FN4O3/c1-3-18-5-4-6-19-10-20(36-15-35-2)11-21(23(18)19)25-24(29)26-22(12-30-25)27(32-28(34)31-26)33-13-16-7-8-17(9-16)14-33/h4-6,10-12,16-17H,3,7-9,13-15H2,1-2H3,(H,31,32,34). The first-order valence-electron chi connectivity index (χ1n) is 12.5. The fraction of sp³-hybridized carbons (Fsp3) is 0.393. The average molecular weight is 489 g/mol. The molecule has 2 bridgehead atoms. The van der Waals surface area contributed by atoms with Crippen LogP contribution in [-0.2, 0) is 11.2 Å². The van der Waals surface area contributed by atoms with E-state index < -0.39 is 11.8 Å². The highest BCUT2D eigenvalue weighted by molar-refractivity contribution is 6.01. The Hall–Kier alpha value is -3.52. The molecule has 1 N–H and O–H groups in total. The molecule has 6 rings (SSSR count). The SMILES string of the molecule is CCc1cccc2cc(OCOC)cc(-c3ncc4c(N5CC6CCC(C6)C5)nc(O)nc4c3F)c12. The Labute approximate surface area is 208 Å². The largest absolute Gasteiger partial charge is 0.479 e. The summed E-state index contributed by atoms with van der Waals surface area (Å²) in [6.45, 7) is 3.86. The number of rotatable bonds is 6. The molecule has 186 valence electrons. The third-order valence-electron chi connectivity index (χ3n) is 7.57. The van der Waals surface area contributed by atoms with Crippen LogP contribution in [0.2, 0.25) is 0 Å². The van der Waals surface area contributed by atoms with Crippen LogP contribution in [0, 0.1) is 17.7 Å². The van der Waals surface area contributed by atoms with Gasteiger partial charge >= 0.3 is 6.01 Å². The van der Waals surface area contributed by atoms with E-state index in [0.29, 0.717) is 34.4 Å². The van der Waals surface area contributed by atoms with Crippen LogP contribution in [0.15, 0.2) is 36.5 Å². The van der Waals surface area contributed by atoms with Gasteiger partial charge in [0.15, 0.2) is 12.6 Å². The first-order chi connectivity index (χ1) is 17.6. The van der Waals surface area contributed by atoms with E-state index >= 15 is 4.39 Å². The van der Waals surface area contributed by atoms with Crippen LogP contribution in [0.5, 0.6) is 11.8 Å². The zero-order valence-corrected chi connectivity index (χ0v) is 20.5. The number of ether oxygens (including phenoxy) is 2. The van der Waals surface area contributed by atoms with Gasteiger partial charge in [-0.05, 0) is 66.0 Å². The average Bonchev–Trinajstić information content (AvgIpc) is 3.23. The lowest BCUT2D eigenvalue weighted by Crippen LogP contribution is -2.37. The molecule has 2 fully saturated rings. The second kappa shape index (κ2) is 9.17. The van der Waals surface area contributed by atoms with Crippen LogP contribution in [0.25, 0.3) is 32.9 Å². The van der Waals surface area contributed by atoms with Gasteiger partial charge in [-0.15, -0.1) is 0 Å². The lowest BCUT2D eigenvalue weighted by atomic mass is 9.95. The number of hydrogen-bond donors (Lipinski definition) is 1. The molecule has 0 amide bonds. The molecular weight excluding hydrogens is 459 g/mol. The Kier molecular flexibility index (Phi) is 5.84. The van der Waals surface area contributed by atoms with E-state index in [1.807, 2.05) is 24.3 Å². The maximum atomic E-state index is 16.2. The summed E-state index contributed by atoms with van der Waals surface area (Å²) in [6.07, 6.45) is 6.07. The fourth-order valence-electron chi connectivity index (χ4n) is 6.01. The van der Waals surface area contributed by atoms with Crippen molar-refractivity contribution < 1.29 is 19.0 Å². The molecule has 2 atom stereocenters. The summed E-state index contributed by atoms with van der Waals surface area (Å²) in [5.74, 6) is 1.76. The van der Waals surface area contributed by atoms with Gasteiger partial charge in [0.25, 0.3) is 0 Å². The second-order valence-corrected chi connectivity index (χ2v) is 9.87. The van der Waals surface area contributed by atoms with Gasteiger partial charge in [0, 0.05) is 32.0 Å². The summed E-state index contributed by atoms with van der Waals surface area (Å²) in [6, 6.07) is 9.29. The summed E-state index contributed by atoms with van der Waals surface area (Å²) in [7, 11) is 1.55. The molecule has 0 spiro atoms. The molecule has 2 aromatic carbocycles. The van der Waals surface area contributed by atoms with Gasteiger partial charge in [-0.2, -0.15) is 9.97 Å². The topological polar surface area (TPSA) is 80.6 Å². The van der Waals surface area contributed by atoms with Crippen molar-refractivity contribution in [3.8, 4) is 23.0 Å². The summed E-state index contributed by atoms with van der Waals surface area (Å²) in [5.41, 5.74) is 1.94. The number of hydrogen-bond acceptors (Lipinski definition) is 7. The molecule has 7 nitrogen and oxygen atoms in total. The number of halogens is 1. The van der Waals surface area contributed by atoms with Crippen LogP contribution in [0.3, 0.4) is 0 Å². The van der Waals surface area contributed by atoms with Crippen LogP contribution in [0.1, 0.15) is 31.7 Å². The Bertz CT molecular complexity index is 1450. The number of aryl methyl sites for hydroxylation is 1. The molecule has 1 aliphatic carbocycles. The monoisotopic (exact) mass is 488 g/mol. The van der Waals surface area contributed by atoms with Crippen LogP contribution >= 0.6 is 0 Å². The molecule has 2 aromatic heterocycles. The highest BCUT2D eigenvalue weighted by Gasteiger charge is 2.34. The number of pyridine rings is 1. The van der Waals surface area contributed by atoms with Gasteiger partial charge in [0.1, 0.15) is 22.8 Å². The Morgan fingerprint density at radius 1 is 1.14 bits per heavy atom. The summed E-state index contributed by atoms with van der Waals surface area (Å²) in [5, 5.41) is 12.8. The predicted molar refractivity (Wildman–Crippen MR) is 137 cm³/mol. The Morgan fingerprint density at radius 2 is 1.94 bits per heavy atom. The molecular formula is C28H29FN4O3. The summed E-state index contributed by atoms with van der Waals surface area (Å²) < 4.78 is 27.0. The normalized spacial score (nSPS) is 19.4. The number of aromatic nitrogens is 3. The van der Waals surface area contributed by atoms with Crippen molar-refractivity contribution in [2.75, 3.05) is 31.9 Å². The number of methoxy groups -OCH3 is 1. The zero-order valence-electron chi connectivity index (χ0n) is 20.5. The predicted octanol–water partition coefficient (Wildman–Crippen LogP) is 5.47.